The summed E-state index contributed by atoms with van der Waals surface area (Å²) in [6, 6.07) is 7.09. The molecule has 1 aromatic carbocycles. The second-order valence-electron chi connectivity index (χ2n) is 4.33. The fourth-order valence-corrected chi connectivity index (χ4v) is 1.89. The van der Waals surface area contributed by atoms with E-state index in [1.54, 1.807) is 12.1 Å². The van der Waals surface area contributed by atoms with Crippen molar-refractivity contribution in [3.05, 3.63) is 28.7 Å². The maximum absolute atomic E-state index is 12.0. The molecule has 0 heterocycles. The Balaban J connectivity index is 2.59. The van der Waals surface area contributed by atoms with E-state index in [1.807, 2.05) is 26.0 Å². The summed E-state index contributed by atoms with van der Waals surface area (Å²) in [6.45, 7) is 3.42. The summed E-state index contributed by atoms with van der Waals surface area (Å²) in [5.74, 6) is -0.219. The molecule has 19 heavy (non-hydrogen) atoms. The minimum absolute atomic E-state index is 0.0989. The monoisotopic (exact) mass is 328 g/mol. The quantitative estimate of drug-likeness (QED) is 0.861. The number of nitrogens with zero attached hydrogens (tertiary/aromatic N) is 1. The molecule has 104 valence electrons. The second kappa shape index (κ2) is 7.13. The van der Waals surface area contributed by atoms with Crippen molar-refractivity contribution in [2.45, 2.75) is 19.9 Å². The van der Waals surface area contributed by atoms with Gasteiger partial charge in [-0.25, -0.2) is 0 Å². The molecule has 0 fully saturated rings. The molecule has 1 aromatic rings. The lowest BCUT2D eigenvalue weighted by atomic mass is 10.3. The lowest BCUT2D eigenvalue weighted by Crippen LogP contribution is -2.44. The zero-order valence-corrected chi connectivity index (χ0v) is 12.5. The lowest BCUT2D eigenvalue weighted by molar-refractivity contribution is -0.138. The first-order chi connectivity index (χ1) is 8.90. The Morgan fingerprint density at radius 2 is 2.11 bits per heavy atom. The molecule has 2 amide bonds. The third kappa shape index (κ3) is 5.30. The predicted octanol–water partition coefficient (Wildman–Crippen LogP) is 1.55. The van der Waals surface area contributed by atoms with Crippen LogP contribution in [0.25, 0.3) is 0 Å². The van der Waals surface area contributed by atoms with Crippen LogP contribution in [0, 0.1) is 0 Å². The third-order valence-corrected chi connectivity index (χ3v) is 2.92. The molecule has 0 atom stereocenters. The van der Waals surface area contributed by atoms with Gasteiger partial charge in [0.15, 0.2) is 6.61 Å². The summed E-state index contributed by atoms with van der Waals surface area (Å²) in [7, 11) is 0. The number of hydrogen-bond donors (Lipinski definition) is 1. The first-order valence-electron chi connectivity index (χ1n) is 5.86. The minimum Gasteiger partial charge on any atom is -0.484 e. The molecular weight excluding hydrogens is 312 g/mol. The van der Waals surface area contributed by atoms with Crippen LogP contribution in [0.4, 0.5) is 0 Å². The van der Waals surface area contributed by atoms with Crippen molar-refractivity contribution in [1.82, 2.24) is 4.90 Å². The Morgan fingerprint density at radius 1 is 1.42 bits per heavy atom. The van der Waals surface area contributed by atoms with Crippen molar-refractivity contribution < 1.29 is 14.3 Å². The van der Waals surface area contributed by atoms with Gasteiger partial charge in [0.25, 0.3) is 5.91 Å². The van der Waals surface area contributed by atoms with Gasteiger partial charge in [0.1, 0.15) is 5.75 Å². The topological polar surface area (TPSA) is 72.6 Å². The Morgan fingerprint density at radius 3 is 2.63 bits per heavy atom. The molecule has 0 saturated carbocycles. The molecule has 0 saturated heterocycles. The van der Waals surface area contributed by atoms with Crippen LogP contribution in [0.15, 0.2) is 28.7 Å². The number of primary amides is 1. The van der Waals surface area contributed by atoms with E-state index in [2.05, 4.69) is 15.9 Å². The predicted molar refractivity (Wildman–Crippen MR) is 75.7 cm³/mol. The smallest absolute Gasteiger partial charge is 0.261 e. The van der Waals surface area contributed by atoms with Crippen molar-refractivity contribution in [3.8, 4) is 5.75 Å². The van der Waals surface area contributed by atoms with Crippen LogP contribution < -0.4 is 10.5 Å². The summed E-state index contributed by atoms with van der Waals surface area (Å²) < 4.78 is 6.26. The van der Waals surface area contributed by atoms with E-state index in [-0.39, 0.29) is 25.1 Å². The fraction of sp³-hybridized carbons (Fsp3) is 0.385. The molecule has 0 spiro atoms. The van der Waals surface area contributed by atoms with Crippen LogP contribution in [0.2, 0.25) is 0 Å². The van der Waals surface area contributed by atoms with Gasteiger partial charge in [-0.15, -0.1) is 0 Å². The SMILES string of the molecule is CC(C)N(CC(N)=O)C(=O)COc1cccc(Br)c1. The summed E-state index contributed by atoms with van der Waals surface area (Å²) in [5, 5.41) is 0. The standard InChI is InChI=1S/C13H17BrN2O3/c1-9(2)16(7-12(15)17)13(18)8-19-11-5-3-4-10(14)6-11/h3-6,9H,7-8H2,1-2H3,(H2,15,17). The number of halogens is 1. The average Bonchev–Trinajstić information content (AvgIpc) is 2.32. The Kier molecular flexibility index (Phi) is 5.82. The van der Waals surface area contributed by atoms with Crippen molar-refractivity contribution in [2.24, 2.45) is 5.73 Å². The molecule has 0 radical (unpaired) electrons. The fourth-order valence-electron chi connectivity index (χ4n) is 1.51. The molecular formula is C13H17BrN2O3. The number of ether oxygens (including phenoxy) is 1. The van der Waals surface area contributed by atoms with E-state index in [0.717, 1.165) is 4.47 Å². The second-order valence-corrected chi connectivity index (χ2v) is 5.24. The number of carbonyl (C=O) groups is 2. The zero-order chi connectivity index (χ0) is 14.4. The van der Waals surface area contributed by atoms with Crippen molar-refractivity contribution in [1.29, 1.82) is 0 Å². The van der Waals surface area contributed by atoms with E-state index >= 15 is 0 Å². The van der Waals surface area contributed by atoms with Gasteiger partial charge in [-0.05, 0) is 32.0 Å². The van der Waals surface area contributed by atoms with Gasteiger partial charge >= 0.3 is 0 Å². The maximum Gasteiger partial charge on any atom is 0.261 e. The molecule has 2 N–H and O–H groups in total. The van der Waals surface area contributed by atoms with Crippen LogP contribution in [-0.4, -0.2) is 35.9 Å². The van der Waals surface area contributed by atoms with Gasteiger partial charge in [-0.3, -0.25) is 9.59 Å². The van der Waals surface area contributed by atoms with Crippen LogP contribution in [0.3, 0.4) is 0 Å². The largest absolute Gasteiger partial charge is 0.484 e. The molecule has 0 aliphatic rings. The number of rotatable bonds is 6. The number of amides is 2. The van der Waals surface area contributed by atoms with E-state index in [1.165, 1.54) is 4.90 Å². The van der Waals surface area contributed by atoms with E-state index < -0.39 is 5.91 Å². The van der Waals surface area contributed by atoms with Crippen molar-refractivity contribution in [2.75, 3.05) is 13.2 Å². The van der Waals surface area contributed by atoms with Gasteiger partial charge in [0.2, 0.25) is 5.91 Å². The first-order valence-corrected chi connectivity index (χ1v) is 6.65. The summed E-state index contributed by atoms with van der Waals surface area (Å²) in [5.41, 5.74) is 5.12. The van der Waals surface area contributed by atoms with Gasteiger partial charge in [0, 0.05) is 10.5 Å². The van der Waals surface area contributed by atoms with E-state index in [9.17, 15) is 9.59 Å². The zero-order valence-electron chi connectivity index (χ0n) is 10.9. The van der Waals surface area contributed by atoms with Crippen molar-refractivity contribution >= 4 is 27.7 Å². The highest BCUT2D eigenvalue weighted by atomic mass is 79.9. The first kappa shape index (κ1) is 15.5. The van der Waals surface area contributed by atoms with Crippen LogP contribution in [-0.2, 0) is 9.59 Å². The number of nitrogens with two attached hydrogens (primary N) is 1. The van der Waals surface area contributed by atoms with Crippen molar-refractivity contribution in [3.63, 3.8) is 0 Å². The number of carbonyl (C=O) groups excluding carboxylic acids is 2. The minimum atomic E-state index is -0.537. The molecule has 0 aromatic heterocycles. The Labute approximate surface area is 120 Å². The molecule has 6 heteroatoms. The highest BCUT2D eigenvalue weighted by Crippen LogP contribution is 2.17. The van der Waals surface area contributed by atoms with Crippen LogP contribution in [0.5, 0.6) is 5.75 Å². The summed E-state index contributed by atoms with van der Waals surface area (Å²) >= 11 is 3.32. The third-order valence-electron chi connectivity index (χ3n) is 2.43. The molecule has 0 unspecified atom stereocenters. The number of benzene rings is 1. The number of hydrogen-bond acceptors (Lipinski definition) is 3. The Hall–Kier alpha value is -1.56. The van der Waals surface area contributed by atoms with Gasteiger partial charge in [0.05, 0.1) is 6.54 Å². The normalized spacial score (nSPS) is 10.3. The van der Waals surface area contributed by atoms with Crippen LogP contribution in [0.1, 0.15) is 13.8 Å². The molecule has 1 rings (SSSR count). The van der Waals surface area contributed by atoms with E-state index in [0.29, 0.717) is 5.75 Å². The van der Waals surface area contributed by atoms with E-state index in [4.69, 9.17) is 10.5 Å². The highest BCUT2D eigenvalue weighted by Gasteiger charge is 2.19. The summed E-state index contributed by atoms with van der Waals surface area (Å²) in [4.78, 5) is 24.3. The molecule has 5 nitrogen and oxygen atoms in total. The van der Waals surface area contributed by atoms with Gasteiger partial charge in [-0.2, -0.15) is 0 Å². The van der Waals surface area contributed by atoms with Gasteiger partial charge in [-0.1, -0.05) is 22.0 Å². The molecule has 0 aliphatic carbocycles. The maximum atomic E-state index is 12.0. The van der Waals surface area contributed by atoms with Gasteiger partial charge < -0.3 is 15.4 Å². The van der Waals surface area contributed by atoms with Crippen LogP contribution >= 0.6 is 15.9 Å². The summed E-state index contributed by atoms with van der Waals surface area (Å²) in [6.07, 6.45) is 0. The average molecular weight is 329 g/mol. The molecule has 0 aliphatic heterocycles. The lowest BCUT2D eigenvalue weighted by Gasteiger charge is -2.25. The highest BCUT2D eigenvalue weighted by molar-refractivity contribution is 9.10. The Bertz CT molecular complexity index is 463. The molecule has 0 bridgehead atoms.